The van der Waals surface area contributed by atoms with Crippen LogP contribution in [0.4, 0.5) is 8.78 Å². The number of aromatic nitrogens is 1. The van der Waals surface area contributed by atoms with E-state index in [9.17, 15) is 18.4 Å². The van der Waals surface area contributed by atoms with E-state index in [1.54, 1.807) is 17.6 Å². The van der Waals surface area contributed by atoms with Crippen LogP contribution >= 0.6 is 0 Å². The molecule has 0 radical (unpaired) electrons. The predicted molar refractivity (Wildman–Crippen MR) is 107 cm³/mol. The minimum atomic E-state index is -1.10. The van der Waals surface area contributed by atoms with Gasteiger partial charge >= 0.3 is 5.97 Å². The zero-order valence-corrected chi connectivity index (χ0v) is 16.3. The largest absolute Gasteiger partial charge is 0.462 e. The maximum atomic E-state index is 14.8. The Morgan fingerprint density at radius 1 is 1.34 bits per heavy atom. The second-order valence-corrected chi connectivity index (χ2v) is 7.64. The summed E-state index contributed by atoms with van der Waals surface area (Å²) < 4.78 is 35.8. The molecule has 1 aliphatic carbocycles. The molecule has 1 aliphatic heterocycles. The topological polar surface area (TPSA) is 60.3 Å². The first kappa shape index (κ1) is 19.8. The molecule has 154 valence electrons. The van der Waals surface area contributed by atoms with Gasteiger partial charge in [-0.05, 0) is 51.6 Å². The lowest BCUT2D eigenvalue weighted by atomic mass is 10.0. The second-order valence-electron chi connectivity index (χ2n) is 7.64. The van der Waals surface area contributed by atoms with E-state index in [0.717, 1.165) is 38.3 Å². The lowest BCUT2D eigenvalue weighted by Gasteiger charge is -2.16. The molecule has 5 nitrogen and oxygen atoms in total. The van der Waals surface area contributed by atoms with Crippen molar-refractivity contribution < 1.29 is 18.3 Å². The van der Waals surface area contributed by atoms with Gasteiger partial charge in [-0.15, -0.1) is 0 Å². The number of carbonyl (C=O) groups is 1. The van der Waals surface area contributed by atoms with E-state index in [-0.39, 0.29) is 29.2 Å². The average molecular weight is 402 g/mol. The number of esters is 1. The van der Waals surface area contributed by atoms with Gasteiger partial charge in [0, 0.05) is 23.8 Å². The summed E-state index contributed by atoms with van der Waals surface area (Å²) in [7, 11) is 0. The van der Waals surface area contributed by atoms with Crippen molar-refractivity contribution in [2.45, 2.75) is 51.1 Å². The van der Waals surface area contributed by atoms with Crippen molar-refractivity contribution in [2.24, 2.45) is 0 Å². The Kier molecular flexibility index (Phi) is 5.50. The van der Waals surface area contributed by atoms with Gasteiger partial charge in [-0.25, -0.2) is 13.6 Å². The summed E-state index contributed by atoms with van der Waals surface area (Å²) in [5.74, 6) is -2.83. The molecule has 1 aromatic heterocycles. The Bertz CT molecular complexity index is 1030. The molecule has 2 aromatic rings. The van der Waals surface area contributed by atoms with Crippen LogP contribution in [0.25, 0.3) is 17.0 Å². The molecule has 2 fully saturated rings. The number of hydrogen-bond donors (Lipinski definition) is 1. The first-order valence-corrected chi connectivity index (χ1v) is 10.1. The van der Waals surface area contributed by atoms with E-state index >= 15 is 0 Å². The molecule has 1 saturated carbocycles. The van der Waals surface area contributed by atoms with Crippen molar-refractivity contribution in [2.75, 3.05) is 13.2 Å². The number of pyridine rings is 1. The highest BCUT2D eigenvalue weighted by Gasteiger charge is 2.29. The smallest absolute Gasteiger partial charge is 0.343 e. The molecule has 0 unspecified atom stereocenters. The van der Waals surface area contributed by atoms with Gasteiger partial charge in [0.15, 0.2) is 11.6 Å². The zero-order valence-electron chi connectivity index (χ0n) is 16.3. The summed E-state index contributed by atoms with van der Waals surface area (Å²) in [4.78, 5) is 25.1. The molecule has 0 amide bonds. The van der Waals surface area contributed by atoms with Crippen molar-refractivity contribution in [1.29, 1.82) is 0 Å². The van der Waals surface area contributed by atoms with Gasteiger partial charge in [-0.3, -0.25) is 4.79 Å². The summed E-state index contributed by atoms with van der Waals surface area (Å²) in [5.41, 5.74) is -0.402. The van der Waals surface area contributed by atoms with Crippen LogP contribution in [0.3, 0.4) is 0 Å². The van der Waals surface area contributed by atoms with Gasteiger partial charge in [-0.2, -0.15) is 0 Å². The first-order valence-electron chi connectivity index (χ1n) is 10.1. The van der Waals surface area contributed by atoms with Crippen LogP contribution in [0.5, 0.6) is 0 Å². The fourth-order valence-corrected chi connectivity index (χ4v) is 3.95. The molecule has 29 heavy (non-hydrogen) atoms. The van der Waals surface area contributed by atoms with Crippen LogP contribution in [0.2, 0.25) is 0 Å². The number of nitrogens with zero attached hydrogens (tertiary/aromatic N) is 1. The predicted octanol–water partition coefficient (Wildman–Crippen LogP) is 3.95. The van der Waals surface area contributed by atoms with Crippen LogP contribution in [-0.4, -0.2) is 29.7 Å². The Morgan fingerprint density at radius 2 is 2.14 bits per heavy atom. The molecule has 7 heteroatoms. The number of ether oxygens (including phenoxy) is 1. The van der Waals surface area contributed by atoms with Crippen molar-refractivity contribution in [3.05, 3.63) is 51.3 Å². The Balaban J connectivity index is 1.87. The fourth-order valence-electron chi connectivity index (χ4n) is 3.95. The summed E-state index contributed by atoms with van der Waals surface area (Å²) in [5, 5.41) is 3.36. The maximum absolute atomic E-state index is 14.8. The van der Waals surface area contributed by atoms with Crippen LogP contribution < -0.4 is 10.7 Å². The van der Waals surface area contributed by atoms with Gasteiger partial charge in [0.2, 0.25) is 5.43 Å². The molecular weight excluding hydrogens is 378 g/mol. The monoisotopic (exact) mass is 402 g/mol. The maximum Gasteiger partial charge on any atom is 0.343 e. The first-order chi connectivity index (χ1) is 14.0. The number of halogens is 2. The normalized spacial score (nSPS) is 19.3. The van der Waals surface area contributed by atoms with Crippen LogP contribution in [0, 0.1) is 11.6 Å². The summed E-state index contributed by atoms with van der Waals surface area (Å²) in [6.07, 6.45) is 9.38. The number of fused-ring (bicyclic) bond motifs is 1. The van der Waals surface area contributed by atoms with Crippen molar-refractivity contribution in [3.63, 3.8) is 0 Å². The van der Waals surface area contributed by atoms with E-state index in [1.165, 1.54) is 6.20 Å². The van der Waals surface area contributed by atoms with Crippen molar-refractivity contribution in [1.82, 2.24) is 9.88 Å². The molecule has 1 N–H and O–H groups in total. The highest BCUT2D eigenvalue weighted by Crippen LogP contribution is 2.38. The molecule has 0 spiro atoms. The fraction of sp³-hybridized carbons (Fsp3) is 0.455. The lowest BCUT2D eigenvalue weighted by molar-refractivity contribution is 0.0524. The molecule has 4 rings (SSSR count). The average Bonchev–Trinajstić information content (AvgIpc) is 3.41. The minimum absolute atomic E-state index is 0.00000514. The number of rotatable bonds is 6. The quantitative estimate of drug-likeness (QED) is 0.744. The number of nitrogens with one attached hydrogen (secondary N) is 1. The Hall–Kier alpha value is -2.54. The Morgan fingerprint density at radius 3 is 2.79 bits per heavy atom. The van der Waals surface area contributed by atoms with E-state index in [4.69, 9.17) is 4.74 Å². The van der Waals surface area contributed by atoms with Crippen molar-refractivity contribution >= 4 is 22.9 Å². The Labute approximate surface area is 167 Å². The molecule has 1 atom stereocenters. The molecule has 1 aromatic carbocycles. The van der Waals surface area contributed by atoms with Gasteiger partial charge < -0.3 is 14.6 Å². The third kappa shape index (κ3) is 3.83. The van der Waals surface area contributed by atoms with E-state index in [0.29, 0.717) is 18.0 Å². The molecule has 1 saturated heterocycles. The highest BCUT2D eigenvalue weighted by molar-refractivity contribution is 5.96. The van der Waals surface area contributed by atoms with Crippen LogP contribution in [-0.2, 0) is 4.74 Å². The van der Waals surface area contributed by atoms with E-state index in [2.05, 4.69) is 5.32 Å². The van der Waals surface area contributed by atoms with Gasteiger partial charge in [0.25, 0.3) is 0 Å². The van der Waals surface area contributed by atoms with Gasteiger partial charge in [-0.1, -0.05) is 12.2 Å². The third-order valence-electron chi connectivity index (χ3n) is 5.55. The van der Waals surface area contributed by atoms with Crippen LogP contribution in [0.1, 0.15) is 61.0 Å². The lowest BCUT2D eigenvalue weighted by Crippen LogP contribution is -2.22. The van der Waals surface area contributed by atoms with Gasteiger partial charge in [0.05, 0.1) is 17.5 Å². The summed E-state index contributed by atoms with van der Waals surface area (Å²) >= 11 is 0. The summed E-state index contributed by atoms with van der Waals surface area (Å²) in [6.45, 7) is 2.74. The zero-order chi connectivity index (χ0) is 20.5. The minimum Gasteiger partial charge on any atom is -0.462 e. The van der Waals surface area contributed by atoms with Crippen LogP contribution in [0.15, 0.2) is 23.1 Å². The SMILES string of the molecule is CCOC(=O)c1cn(C2CC2)c2c(/C=C\C[C@@H]3CCCN3)c(F)c(F)cc2c1=O. The molecule has 0 bridgehead atoms. The number of hydrogen-bond acceptors (Lipinski definition) is 4. The number of benzene rings is 1. The standard InChI is InChI=1S/C22H24F2N2O3/c1-2-29-22(28)17-12-26(14-8-9-14)20-15(7-3-5-13-6-4-10-25-13)19(24)18(23)11-16(20)21(17)27/h3,7,11-14,25H,2,4-6,8-10H2,1H3/b7-3-/t13-/m1/s1. The third-order valence-corrected chi connectivity index (χ3v) is 5.55. The van der Waals surface area contributed by atoms with E-state index in [1.807, 2.05) is 6.08 Å². The van der Waals surface area contributed by atoms with Crippen molar-refractivity contribution in [3.8, 4) is 0 Å². The summed E-state index contributed by atoms with van der Waals surface area (Å²) in [6, 6.07) is 1.28. The van der Waals surface area contributed by atoms with E-state index < -0.39 is 23.0 Å². The van der Waals surface area contributed by atoms with Gasteiger partial charge in [0.1, 0.15) is 5.56 Å². The number of carbonyl (C=O) groups excluding carboxylic acids is 1. The molecule has 2 heterocycles. The molecule has 2 aliphatic rings. The highest BCUT2D eigenvalue weighted by atomic mass is 19.2. The molecular formula is C22H24F2N2O3. The second kappa shape index (κ2) is 8.06.